The molecule has 19 heavy (non-hydrogen) atoms. The molecule has 1 aliphatic carbocycles. The predicted molar refractivity (Wildman–Crippen MR) is 72.2 cm³/mol. The highest BCUT2D eigenvalue weighted by Gasteiger charge is 2.28. The lowest BCUT2D eigenvalue weighted by Crippen LogP contribution is -2.04. The monoisotopic (exact) mass is 256 g/mol. The van der Waals surface area contributed by atoms with E-state index in [4.69, 9.17) is 10.5 Å². The van der Waals surface area contributed by atoms with E-state index in [1.165, 1.54) is 0 Å². The quantitative estimate of drug-likeness (QED) is 0.914. The molecule has 2 N–H and O–H groups in total. The van der Waals surface area contributed by atoms with Crippen molar-refractivity contribution >= 4 is 5.82 Å². The third kappa shape index (κ3) is 2.36. The number of nitrogen functional groups attached to an aromatic ring is 1. The minimum atomic E-state index is 0.445. The Morgan fingerprint density at radius 3 is 2.74 bits per heavy atom. The summed E-state index contributed by atoms with van der Waals surface area (Å²) >= 11 is 0. The fourth-order valence-corrected chi connectivity index (χ4v) is 1.83. The third-order valence-electron chi connectivity index (χ3n) is 3.26. The minimum absolute atomic E-state index is 0.445. The highest BCUT2D eigenvalue weighted by molar-refractivity contribution is 5.46. The van der Waals surface area contributed by atoms with Crippen LogP contribution < -0.4 is 10.5 Å². The number of pyridine rings is 1. The summed E-state index contributed by atoms with van der Waals surface area (Å²) in [5, 5.41) is 0. The first-order chi connectivity index (χ1) is 9.15. The summed E-state index contributed by atoms with van der Waals surface area (Å²) in [5.74, 6) is 2.96. The number of ether oxygens (including phenoxy) is 1. The normalized spacial score (nSPS) is 14.4. The zero-order valence-corrected chi connectivity index (χ0v) is 11.1. The van der Waals surface area contributed by atoms with Crippen LogP contribution in [0.1, 0.15) is 35.8 Å². The second kappa shape index (κ2) is 4.50. The molecule has 98 valence electrons. The van der Waals surface area contributed by atoms with Gasteiger partial charge in [0.15, 0.2) is 5.75 Å². The van der Waals surface area contributed by atoms with Crippen LogP contribution in [0.5, 0.6) is 11.6 Å². The van der Waals surface area contributed by atoms with Gasteiger partial charge >= 0.3 is 0 Å². The van der Waals surface area contributed by atoms with Crippen molar-refractivity contribution in [2.45, 2.75) is 32.6 Å². The highest BCUT2D eigenvalue weighted by Crippen LogP contribution is 2.40. The van der Waals surface area contributed by atoms with Gasteiger partial charge in [-0.25, -0.2) is 4.98 Å². The molecule has 1 saturated carbocycles. The molecule has 2 aromatic rings. The molecule has 3 rings (SSSR count). The largest absolute Gasteiger partial charge is 0.437 e. The molecule has 0 aliphatic heterocycles. The first kappa shape index (κ1) is 11.9. The maximum Gasteiger partial charge on any atom is 0.227 e. The molecule has 0 spiro atoms. The Bertz CT molecular complexity index is 623. The fourth-order valence-electron chi connectivity index (χ4n) is 1.83. The maximum absolute atomic E-state index is 5.93. The Morgan fingerprint density at radius 2 is 2.05 bits per heavy atom. The van der Waals surface area contributed by atoms with Gasteiger partial charge in [-0.15, -0.1) is 0 Å². The van der Waals surface area contributed by atoms with E-state index in [0.717, 1.165) is 29.9 Å². The van der Waals surface area contributed by atoms with E-state index in [1.807, 2.05) is 26.0 Å². The Morgan fingerprint density at radius 1 is 1.26 bits per heavy atom. The molecule has 0 atom stereocenters. The fraction of sp³-hybridized carbons (Fsp3) is 0.357. The van der Waals surface area contributed by atoms with Gasteiger partial charge in [0.2, 0.25) is 5.88 Å². The SMILES string of the molecule is Cc1ncccc1Oc1nc(C2CC2)nc(N)c1C. The maximum atomic E-state index is 5.93. The molecule has 0 amide bonds. The molecule has 5 heteroatoms. The molecule has 2 aromatic heterocycles. The smallest absolute Gasteiger partial charge is 0.227 e. The van der Waals surface area contributed by atoms with Crippen molar-refractivity contribution in [2.75, 3.05) is 5.73 Å². The zero-order valence-electron chi connectivity index (χ0n) is 11.1. The van der Waals surface area contributed by atoms with E-state index < -0.39 is 0 Å². The molecule has 1 aliphatic rings. The number of nitrogens with two attached hydrogens (primary N) is 1. The van der Waals surface area contributed by atoms with Crippen LogP contribution in [0.15, 0.2) is 18.3 Å². The van der Waals surface area contributed by atoms with E-state index >= 15 is 0 Å². The molecule has 0 unspecified atom stereocenters. The van der Waals surface area contributed by atoms with Crippen molar-refractivity contribution in [3.05, 3.63) is 35.4 Å². The van der Waals surface area contributed by atoms with Crippen LogP contribution in [0.2, 0.25) is 0 Å². The standard InChI is InChI=1S/C14H16N4O/c1-8-12(15)17-13(10-5-6-10)18-14(8)19-11-4-3-7-16-9(11)2/h3-4,7,10H,5-6H2,1-2H3,(H2,15,17,18). The van der Waals surface area contributed by atoms with Gasteiger partial charge in [-0.3, -0.25) is 4.98 Å². The number of rotatable bonds is 3. The number of hydrogen-bond donors (Lipinski definition) is 1. The lowest BCUT2D eigenvalue weighted by Gasteiger charge is -2.11. The Hall–Kier alpha value is -2.17. The second-order valence-corrected chi connectivity index (χ2v) is 4.86. The van der Waals surface area contributed by atoms with Crippen LogP contribution in [0.3, 0.4) is 0 Å². The van der Waals surface area contributed by atoms with Crippen molar-refractivity contribution in [3.63, 3.8) is 0 Å². The van der Waals surface area contributed by atoms with Crippen molar-refractivity contribution in [1.29, 1.82) is 0 Å². The Labute approximate surface area is 111 Å². The Kier molecular flexibility index (Phi) is 2.81. The number of hydrogen-bond acceptors (Lipinski definition) is 5. The van der Waals surface area contributed by atoms with E-state index in [2.05, 4.69) is 15.0 Å². The van der Waals surface area contributed by atoms with Crippen molar-refractivity contribution < 1.29 is 4.74 Å². The van der Waals surface area contributed by atoms with E-state index in [9.17, 15) is 0 Å². The van der Waals surface area contributed by atoms with Gasteiger partial charge < -0.3 is 10.5 Å². The summed E-state index contributed by atoms with van der Waals surface area (Å²) in [5.41, 5.74) is 7.53. The number of aryl methyl sites for hydroxylation is 1. The van der Waals surface area contributed by atoms with Gasteiger partial charge in [-0.2, -0.15) is 4.98 Å². The van der Waals surface area contributed by atoms with Crippen molar-refractivity contribution in [1.82, 2.24) is 15.0 Å². The topological polar surface area (TPSA) is 73.9 Å². The summed E-state index contributed by atoms with van der Waals surface area (Å²) in [6, 6.07) is 3.71. The van der Waals surface area contributed by atoms with Crippen LogP contribution in [-0.2, 0) is 0 Å². The lowest BCUT2D eigenvalue weighted by atomic mass is 10.3. The summed E-state index contributed by atoms with van der Waals surface area (Å²) in [6.45, 7) is 3.77. The minimum Gasteiger partial charge on any atom is -0.437 e. The number of nitrogens with zero attached hydrogens (tertiary/aromatic N) is 3. The van der Waals surface area contributed by atoms with Crippen LogP contribution in [0, 0.1) is 13.8 Å². The molecule has 0 radical (unpaired) electrons. The first-order valence-corrected chi connectivity index (χ1v) is 6.38. The molecular formula is C14H16N4O. The first-order valence-electron chi connectivity index (χ1n) is 6.38. The van der Waals surface area contributed by atoms with E-state index in [1.54, 1.807) is 6.20 Å². The van der Waals surface area contributed by atoms with Gasteiger partial charge in [0.1, 0.15) is 11.6 Å². The van der Waals surface area contributed by atoms with Crippen LogP contribution in [-0.4, -0.2) is 15.0 Å². The van der Waals surface area contributed by atoms with E-state index in [-0.39, 0.29) is 0 Å². The van der Waals surface area contributed by atoms with Gasteiger partial charge in [0.25, 0.3) is 0 Å². The number of aromatic nitrogens is 3. The number of anilines is 1. The summed E-state index contributed by atoms with van der Waals surface area (Å²) in [7, 11) is 0. The van der Waals surface area contributed by atoms with Crippen molar-refractivity contribution in [2.24, 2.45) is 0 Å². The van der Waals surface area contributed by atoms with Crippen LogP contribution >= 0.6 is 0 Å². The molecule has 5 nitrogen and oxygen atoms in total. The van der Waals surface area contributed by atoms with E-state index in [0.29, 0.717) is 23.4 Å². The summed E-state index contributed by atoms with van der Waals surface area (Å²) < 4.78 is 5.85. The van der Waals surface area contributed by atoms with Gasteiger partial charge in [-0.1, -0.05) is 0 Å². The lowest BCUT2D eigenvalue weighted by molar-refractivity contribution is 0.449. The molecule has 0 bridgehead atoms. The van der Waals surface area contributed by atoms with Crippen molar-refractivity contribution in [3.8, 4) is 11.6 Å². The average molecular weight is 256 g/mol. The van der Waals surface area contributed by atoms with Crippen LogP contribution in [0.4, 0.5) is 5.82 Å². The van der Waals surface area contributed by atoms with Gasteiger partial charge in [0, 0.05) is 12.1 Å². The molecule has 2 heterocycles. The second-order valence-electron chi connectivity index (χ2n) is 4.86. The highest BCUT2D eigenvalue weighted by atomic mass is 16.5. The summed E-state index contributed by atoms with van der Waals surface area (Å²) in [6.07, 6.45) is 4.00. The Balaban J connectivity index is 1.98. The predicted octanol–water partition coefficient (Wildman–Crippen LogP) is 2.74. The zero-order chi connectivity index (χ0) is 13.4. The molecule has 0 saturated heterocycles. The van der Waals surface area contributed by atoms with Gasteiger partial charge in [-0.05, 0) is 38.8 Å². The summed E-state index contributed by atoms with van der Waals surface area (Å²) in [4.78, 5) is 13.0. The molecule has 1 fully saturated rings. The molecular weight excluding hydrogens is 240 g/mol. The van der Waals surface area contributed by atoms with Gasteiger partial charge in [0.05, 0.1) is 11.3 Å². The molecule has 0 aromatic carbocycles. The average Bonchev–Trinajstić information content (AvgIpc) is 3.21. The van der Waals surface area contributed by atoms with Crippen LogP contribution in [0.25, 0.3) is 0 Å². The third-order valence-corrected chi connectivity index (χ3v) is 3.26.